The van der Waals surface area contributed by atoms with Crippen LogP contribution in [0.2, 0.25) is 0 Å². The molecule has 1 aliphatic carbocycles. The van der Waals surface area contributed by atoms with Crippen LogP contribution in [-0.2, 0) is 0 Å². The highest BCUT2D eigenvalue weighted by Gasteiger charge is 2.45. The van der Waals surface area contributed by atoms with Crippen molar-refractivity contribution in [2.45, 2.75) is 19.0 Å². The van der Waals surface area contributed by atoms with Crippen molar-refractivity contribution in [3.63, 3.8) is 0 Å². The Kier molecular flexibility index (Phi) is 2.93. The first-order valence-electron chi connectivity index (χ1n) is 6.42. The van der Waals surface area contributed by atoms with E-state index in [-0.39, 0.29) is 0 Å². The van der Waals surface area contributed by atoms with Gasteiger partial charge < -0.3 is 0 Å². The van der Waals surface area contributed by atoms with Crippen molar-refractivity contribution < 1.29 is 13.2 Å². The average molecular weight is 274 g/mol. The van der Waals surface area contributed by atoms with Crippen LogP contribution in [-0.4, -0.2) is 6.18 Å². The Hall–Kier alpha value is -2.03. The second-order valence-corrected chi connectivity index (χ2v) is 4.97. The molecule has 2 aromatic rings. The molecule has 3 heteroatoms. The van der Waals surface area contributed by atoms with Gasteiger partial charge in [0.05, 0.1) is 0 Å². The maximum absolute atomic E-state index is 13.5. The summed E-state index contributed by atoms with van der Waals surface area (Å²) in [6, 6.07) is 16.0. The highest BCUT2D eigenvalue weighted by Crippen LogP contribution is 2.51. The van der Waals surface area contributed by atoms with Crippen LogP contribution in [0.4, 0.5) is 13.2 Å². The van der Waals surface area contributed by atoms with E-state index in [2.05, 4.69) is 0 Å². The molecule has 0 bridgehead atoms. The molecule has 0 aromatic heterocycles. The second kappa shape index (κ2) is 4.51. The summed E-state index contributed by atoms with van der Waals surface area (Å²) >= 11 is 0. The van der Waals surface area contributed by atoms with Gasteiger partial charge in [-0.3, -0.25) is 0 Å². The molecule has 0 amide bonds. The summed E-state index contributed by atoms with van der Waals surface area (Å²) in [5, 5.41) is 0. The molecule has 0 heterocycles. The lowest BCUT2D eigenvalue weighted by Gasteiger charge is -2.19. The van der Waals surface area contributed by atoms with Crippen LogP contribution in [0, 0.1) is 0 Å². The van der Waals surface area contributed by atoms with Crippen LogP contribution in [0.5, 0.6) is 0 Å². The third-order valence-corrected chi connectivity index (χ3v) is 3.81. The monoisotopic (exact) mass is 274 g/mol. The third-order valence-electron chi connectivity index (χ3n) is 3.81. The molecule has 3 rings (SSSR count). The first-order chi connectivity index (χ1) is 9.50. The van der Waals surface area contributed by atoms with E-state index in [0.717, 1.165) is 5.56 Å². The maximum atomic E-state index is 13.5. The molecular formula is C17H13F3. The minimum atomic E-state index is -4.32. The van der Waals surface area contributed by atoms with Gasteiger partial charge in [-0.1, -0.05) is 54.6 Å². The van der Waals surface area contributed by atoms with Crippen molar-refractivity contribution >= 4 is 5.57 Å². The fourth-order valence-corrected chi connectivity index (χ4v) is 2.98. The van der Waals surface area contributed by atoms with E-state index < -0.39 is 17.7 Å². The number of halogens is 3. The Balaban J connectivity index is 2.25. The standard InChI is InChI=1S/C17H13F3/c1-11-13-9-5-6-10-14(13)15(16(11)17(18,19)20)12-7-3-2-4-8-12/h2-10,15H,1H3. The van der Waals surface area contributed by atoms with Gasteiger partial charge in [-0.2, -0.15) is 13.2 Å². The number of benzene rings is 2. The van der Waals surface area contributed by atoms with Crippen LogP contribution in [0.15, 0.2) is 60.2 Å². The summed E-state index contributed by atoms with van der Waals surface area (Å²) in [4.78, 5) is 0. The van der Waals surface area contributed by atoms with Gasteiger partial charge in [0, 0.05) is 11.5 Å². The minimum Gasteiger partial charge on any atom is -0.166 e. The summed E-state index contributed by atoms with van der Waals surface area (Å²) in [6.45, 7) is 1.56. The molecule has 1 aliphatic rings. The predicted molar refractivity (Wildman–Crippen MR) is 73.4 cm³/mol. The topological polar surface area (TPSA) is 0 Å². The van der Waals surface area contributed by atoms with E-state index in [4.69, 9.17) is 0 Å². The Morgan fingerprint density at radius 3 is 2.10 bits per heavy atom. The zero-order valence-corrected chi connectivity index (χ0v) is 10.9. The first kappa shape index (κ1) is 13.0. The lowest BCUT2D eigenvalue weighted by atomic mass is 9.88. The number of hydrogen-bond acceptors (Lipinski definition) is 0. The zero-order chi connectivity index (χ0) is 14.3. The zero-order valence-electron chi connectivity index (χ0n) is 10.9. The molecule has 20 heavy (non-hydrogen) atoms. The maximum Gasteiger partial charge on any atom is 0.413 e. The number of fused-ring (bicyclic) bond motifs is 1. The van der Waals surface area contributed by atoms with Crippen LogP contribution < -0.4 is 0 Å². The molecule has 0 aliphatic heterocycles. The molecule has 0 nitrogen and oxygen atoms in total. The quantitative estimate of drug-likeness (QED) is 0.673. The van der Waals surface area contributed by atoms with Gasteiger partial charge in [0.1, 0.15) is 0 Å². The third kappa shape index (κ3) is 1.94. The molecule has 0 saturated heterocycles. The summed E-state index contributed by atoms with van der Waals surface area (Å²) < 4.78 is 40.4. The van der Waals surface area contributed by atoms with Gasteiger partial charge in [0.15, 0.2) is 0 Å². The smallest absolute Gasteiger partial charge is 0.166 e. The summed E-state index contributed by atoms with van der Waals surface area (Å²) in [5.74, 6) is -0.715. The number of hydrogen-bond donors (Lipinski definition) is 0. The van der Waals surface area contributed by atoms with Crippen molar-refractivity contribution in [1.82, 2.24) is 0 Å². The van der Waals surface area contributed by atoms with Crippen LogP contribution in [0.1, 0.15) is 29.5 Å². The fourth-order valence-electron chi connectivity index (χ4n) is 2.98. The van der Waals surface area contributed by atoms with Crippen molar-refractivity contribution in [3.8, 4) is 0 Å². The average Bonchev–Trinajstić information content (AvgIpc) is 2.74. The van der Waals surface area contributed by atoms with Crippen LogP contribution in [0.25, 0.3) is 5.57 Å². The molecule has 0 N–H and O–H groups in total. The molecular weight excluding hydrogens is 261 g/mol. The van der Waals surface area contributed by atoms with Crippen molar-refractivity contribution in [2.75, 3.05) is 0 Å². The molecule has 0 radical (unpaired) electrons. The molecule has 0 spiro atoms. The summed E-state index contributed by atoms with van der Waals surface area (Å²) in [5.41, 5.74) is 2.02. The van der Waals surface area contributed by atoms with Gasteiger partial charge in [0.25, 0.3) is 0 Å². The molecule has 1 unspecified atom stereocenters. The van der Waals surface area contributed by atoms with E-state index in [9.17, 15) is 13.2 Å². The van der Waals surface area contributed by atoms with Gasteiger partial charge in [-0.05, 0) is 29.2 Å². The van der Waals surface area contributed by atoms with E-state index in [1.165, 1.54) is 0 Å². The highest BCUT2D eigenvalue weighted by molar-refractivity contribution is 5.79. The SMILES string of the molecule is CC1=C(C(F)(F)F)C(c2ccccc2)c2ccccc21. The van der Waals surface area contributed by atoms with E-state index in [1.807, 2.05) is 6.07 Å². The van der Waals surface area contributed by atoms with Gasteiger partial charge >= 0.3 is 6.18 Å². The van der Waals surface area contributed by atoms with Crippen molar-refractivity contribution in [3.05, 3.63) is 76.9 Å². The molecule has 1 atom stereocenters. The van der Waals surface area contributed by atoms with Gasteiger partial charge in [-0.15, -0.1) is 0 Å². The van der Waals surface area contributed by atoms with Crippen molar-refractivity contribution in [2.24, 2.45) is 0 Å². The van der Waals surface area contributed by atoms with E-state index >= 15 is 0 Å². The van der Waals surface area contributed by atoms with Gasteiger partial charge in [-0.25, -0.2) is 0 Å². The number of alkyl halides is 3. The predicted octanol–water partition coefficient (Wildman–Crippen LogP) is 5.17. The Labute approximate surface area is 115 Å². The summed E-state index contributed by atoms with van der Waals surface area (Å²) in [7, 11) is 0. The van der Waals surface area contributed by atoms with E-state index in [0.29, 0.717) is 16.7 Å². The van der Waals surface area contributed by atoms with Crippen LogP contribution >= 0.6 is 0 Å². The van der Waals surface area contributed by atoms with E-state index in [1.54, 1.807) is 55.5 Å². The Bertz CT molecular complexity index is 666. The molecule has 0 saturated carbocycles. The largest absolute Gasteiger partial charge is 0.413 e. The Morgan fingerprint density at radius 2 is 1.45 bits per heavy atom. The number of rotatable bonds is 1. The number of allylic oxidation sites excluding steroid dienone is 2. The lowest BCUT2D eigenvalue weighted by Crippen LogP contribution is -2.17. The Morgan fingerprint density at radius 1 is 0.850 bits per heavy atom. The van der Waals surface area contributed by atoms with Gasteiger partial charge in [0.2, 0.25) is 0 Å². The lowest BCUT2D eigenvalue weighted by molar-refractivity contribution is -0.0937. The minimum absolute atomic E-state index is 0.335. The first-order valence-corrected chi connectivity index (χ1v) is 6.42. The summed E-state index contributed by atoms with van der Waals surface area (Å²) in [6.07, 6.45) is -4.32. The molecule has 2 aromatic carbocycles. The highest BCUT2D eigenvalue weighted by atomic mass is 19.4. The van der Waals surface area contributed by atoms with Crippen LogP contribution in [0.3, 0.4) is 0 Å². The van der Waals surface area contributed by atoms with Crippen molar-refractivity contribution in [1.29, 1.82) is 0 Å². The molecule has 0 fully saturated rings. The second-order valence-electron chi connectivity index (χ2n) is 4.97. The normalized spacial score (nSPS) is 18.3. The molecule has 102 valence electrons. The fraction of sp³-hybridized carbons (Fsp3) is 0.176.